The molecule has 0 bridgehead atoms. The number of hydrogen-bond acceptors (Lipinski definition) is 8. The van der Waals surface area contributed by atoms with Crippen molar-refractivity contribution in [1.82, 2.24) is 28.7 Å². The van der Waals surface area contributed by atoms with Crippen LogP contribution < -0.4 is 5.69 Å². The SMILES string of the molecule is CSCn1nnc2c(S(=O)(=O)N3C=COCC3)ncn2c1=O. The van der Waals surface area contributed by atoms with Crippen LogP contribution in [0, 0.1) is 0 Å². The Bertz CT molecular complexity index is 886. The molecule has 0 fully saturated rings. The van der Waals surface area contributed by atoms with Crippen LogP contribution in [0.15, 0.2) is 28.6 Å². The number of imidazole rings is 1. The fourth-order valence-corrected chi connectivity index (χ4v) is 3.61. The predicted molar refractivity (Wildman–Crippen MR) is 77.5 cm³/mol. The van der Waals surface area contributed by atoms with Gasteiger partial charge in [-0.25, -0.2) is 14.2 Å². The third kappa shape index (κ3) is 2.33. The molecule has 3 heterocycles. The van der Waals surface area contributed by atoms with Gasteiger partial charge in [0.1, 0.15) is 12.9 Å². The lowest BCUT2D eigenvalue weighted by Crippen LogP contribution is -2.33. The smallest absolute Gasteiger partial charge is 0.353 e. The summed E-state index contributed by atoms with van der Waals surface area (Å²) in [5.41, 5.74) is -0.590. The first-order chi connectivity index (χ1) is 10.6. The van der Waals surface area contributed by atoms with Gasteiger partial charge in [-0.3, -0.25) is 4.31 Å². The first-order valence-corrected chi connectivity index (χ1v) is 8.99. The highest BCUT2D eigenvalue weighted by Gasteiger charge is 2.29. The standard InChI is InChI=1S/C10H12N6O4S2/c1-21-7-16-10(17)15-6-11-9(8(15)12-13-16)22(18,19)14-2-4-20-5-3-14/h2,4,6H,3,5,7H2,1H3. The number of rotatable bonds is 4. The fourth-order valence-electron chi connectivity index (χ4n) is 1.91. The van der Waals surface area contributed by atoms with Gasteiger partial charge in [-0.15, -0.1) is 16.9 Å². The molecule has 0 unspecified atom stereocenters. The Balaban J connectivity index is 2.12. The first kappa shape index (κ1) is 14.8. The highest BCUT2D eigenvalue weighted by Crippen LogP contribution is 2.18. The molecule has 2 aromatic rings. The summed E-state index contributed by atoms with van der Waals surface area (Å²) < 4.78 is 33.3. The Morgan fingerprint density at radius 2 is 2.27 bits per heavy atom. The average Bonchev–Trinajstić information content (AvgIpc) is 2.97. The normalized spacial score (nSPS) is 15.2. The summed E-state index contributed by atoms with van der Waals surface area (Å²) in [4.78, 5) is 16.0. The van der Waals surface area contributed by atoms with Gasteiger partial charge in [0.2, 0.25) is 10.7 Å². The molecule has 0 aromatic carbocycles. The van der Waals surface area contributed by atoms with Crippen LogP contribution in [0.4, 0.5) is 0 Å². The van der Waals surface area contributed by atoms with Crippen molar-refractivity contribution in [1.29, 1.82) is 0 Å². The van der Waals surface area contributed by atoms with E-state index in [0.29, 0.717) is 5.88 Å². The first-order valence-electron chi connectivity index (χ1n) is 6.15. The highest BCUT2D eigenvalue weighted by molar-refractivity contribution is 7.97. The molecule has 10 nitrogen and oxygen atoms in total. The second-order valence-electron chi connectivity index (χ2n) is 4.30. The van der Waals surface area contributed by atoms with Crippen molar-refractivity contribution in [2.75, 3.05) is 19.4 Å². The molecule has 1 aliphatic rings. The monoisotopic (exact) mass is 344 g/mol. The van der Waals surface area contributed by atoms with Gasteiger partial charge in [-0.1, -0.05) is 5.21 Å². The lowest BCUT2D eigenvalue weighted by Gasteiger charge is -2.21. The molecule has 118 valence electrons. The molecule has 2 aromatic heterocycles. The molecule has 0 amide bonds. The topological polar surface area (TPSA) is 112 Å². The molecule has 12 heteroatoms. The summed E-state index contributed by atoms with van der Waals surface area (Å²) in [5, 5.41) is 7.25. The minimum absolute atomic E-state index is 0.0951. The molecule has 0 saturated carbocycles. The predicted octanol–water partition coefficient (Wildman–Crippen LogP) is -0.901. The summed E-state index contributed by atoms with van der Waals surface area (Å²) in [5.74, 6) is 0.314. The van der Waals surface area contributed by atoms with Crippen LogP contribution in [-0.2, 0) is 20.6 Å². The maximum Gasteiger partial charge on any atom is 0.353 e. The van der Waals surface area contributed by atoms with E-state index in [1.807, 2.05) is 6.26 Å². The van der Waals surface area contributed by atoms with E-state index in [0.717, 1.165) is 19.7 Å². The van der Waals surface area contributed by atoms with Crippen molar-refractivity contribution in [2.24, 2.45) is 0 Å². The number of sulfonamides is 1. The third-order valence-corrected chi connectivity index (χ3v) is 5.14. The van der Waals surface area contributed by atoms with Gasteiger partial charge >= 0.3 is 5.69 Å². The van der Waals surface area contributed by atoms with E-state index < -0.39 is 15.7 Å². The van der Waals surface area contributed by atoms with Crippen LogP contribution in [0.1, 0.15) is 0 Å². The number of nitrogens with zero attached hydrogens (tertiary/aromatic N) is 6. The van der Waals surface area contributed by atoms with Gasteiger partial charge in [0.25, 0.3) is 10.0 Å². The third-order valence-electron chi connectivity index (χ3n) is 2.94. The van der Waals surface area contributed by atoms with E-state index in [2.05, 4.69) is 15.3 Å². The van der Waals surface area contributed by atoms with Gasteiger partial charge < -0.3 is 4.74 Å². The van der Waals surface area contributed by atoms with Crippen LogP contribution in [0.5, 0.6) is 0 Å². The molecule has 3 rings (SSSR count). The lowest BCUT2D eigenvalue weighted by atomic mass is 10.6. The van der Waals surface area contributed by atoms with Crippen molar-refractivity contribution < 1.29 is 13.2 Å². The second kappa shape index (κ2) is 5.61. The number of fused-ring (bicyclic) bond motifs is 1. The van der Waals surface area contributed by atoms with Gasteiger partial charge in [0.15, 0.2) is 0 Å². The number of hydrogen-bond donors (Lipinski definition) is 0. The van der Waals surface area contributed by atoms with E-state index in [1.54, 1.807) is 0 Å². The Hall–Kier alpha value is -2.08. The van der Waals surface area contributed by atoms with Crippen molar-refractivity contribution in [2.45, 2.75) is 10.9 Å². The molecule has 1 aliphatic heterocycles. The molecular formula is C10H12N6O4S2. The van der Waals surface area contributed by atoms with E-state index in [4.69, 9.17) is 4.74 Å². The number of ether oxygens (including phenoxy) is 1. The molecule has 0 N–H and O–H groups in total. The molecule has 0 spiro atoms. The second-order valence-corrected chi connectivity index (χ2v) is 6.95. The zero-order chi connectivity index (χ0) is 15.7. The van der Waals surface area contributed by atoms with Crippen LogP contribution in [-0.4, -0.2) is 56.5 Å². The maximum atomic E-state index is 12.5. The van der Waals surface area contributed by atoms with E-state index in [1.165, 1.54) is 24.2 Å². The van der Waals surface area contributed by atoms with Crippen molar-refractivity contribution in [3.8, 4) is 0 Å². The van der Waals surface area contributed by atoms with Gasteiger partial charge in [0.05, 0.1) is 24.9 Å². The molecule has 0 radical (unpaired) electrons. The van der Waals surface area contributed by atoms with Crippen LogP contribution >= 0.6 is 11.8 Å². The summed E-state index contributed by atoms with van der Waals surface area (Å²) in [7, 11) is -3.91. The van der Waals surface area contributed by atoms with Crippen molar-refractivity contribution in [3.05, 3.63) is 29.3 Å². The minimum atomic E-state index is -3.91. The zero-order valence-electron chi connectivity index (χ0n) is 11.5. The molecule has 22 heavy (non-hydrogen) atoms. The van der Waals surface area contributed by atoms with Gasteiger partial charge in [-0.2, -0.15) is 13.1 Å². The van der Waals surface area contributed by atoms with Gasteiger partial charge in [-0.05, 0) is 6.26 Å². The Morgan fingerprint density at radius 3 is 2.95 bits per heavy atom. The summed E-state index contributed by atoms with van der Waals surface area (Å²) in [6.45, 7) is 0.405. The van der Waals surface area contributed by atoms with Crippen molar-refractivity contribution in [3.63, 3.8) is 0 Å². The van der Waals surface area contributed by atoms with Crippen LogP contribution in [0.25, 0.3) is 5.65 Å². The van der Waals surface area contributed by atoms with E-state index in [-0.39, 0.29) is 23.8 Å². The molecule has 0 saturated heterocycles. The Kier molecular flexibility index (Phi) is 3.78. The maximum absolute atomic E-state index is 12.5. The summed E-state index contributed by atoms with van der Waals surface area (Å²) >= 11 is 1.39. The molecular weight excluding hydrogens is 332 g/mol. The molecule has 0 aliphatic carbocycles. The number of aromatic nitrogens is 5. The lowest BCUT2D eigenvalue weighted by molar-refractivity contribution is 0.207. The minimum Gasteiger partial charge on any atom is -0.498 e. The average molecular weight is 344 g/mol. The van der Waals surface area contributed by atoms with E-state index >= 15 is 0 Å². The Morgan fingerprint density at radius 1 is 1.45 bits per heavy atom. The van der Waals surface area contributed by atoms with Crippen molar-refractivity contribution >= 4 is 27.4 Å². The zero-order valence-corrected chi connectivity index (χ0v) is 13.1. The van der Waals surface area contributed by atoms with Gasteiger partial charge in [0, 0.05) is 0 Å². The summed E-state index contributed by atoms with van der Waals surface area (Å²) in [6.07, 6.45) is 5.54. The molecule has 0 atom stereocenters. The van der Waals surface area contributed by atoms with Crippen LogP contribution in [0.3, 0.4) is 0 Å². The Labute approximate surface area is 129 Å². The number of thioether (sulfide) groups is 1. The fraction of sp³-hybridized carbons (Fsp3) is 0.400. The van der Waals surface area contributed by atoms with E-state index in [9.17, 15) is 13.2 Å². The van der Waals surface area contributed by atoms with Crippen LogP contribution in [0.2, 0.25) is 0 Å². The highest BCUT2D eigenvalue weighted by atomic mass is 32.2. The largest absolute Gasteiger partial charge is 0.498 e. The summed E-state index contributed by atoms with van der Waals surface area (Å²) in [6, 6.07) is 0. The quantitative estimate of drug-likeness (QED) is 0.701.